The lowest BCUT2D eigenvalue weighted by Gasteiger charge is -2.36. The van der Waals surface area contributed by atoms with Crippen molar-refractivity contribution in [2.45, 2.75) is 44.2 Å². The average Bonchev–Trinajstić information content (AvgIpc) is 3.13. The lowest BCUT2D eigenvalue weighted by atomic mass is 10.2. The number of aromatic nitrogens is 3. The summed E-state index contributed by atoms with van der Waals surface area (Å²) in [5.74, 6) is 1.33. The summed E-state index contributed by atoms with van der Waals surface area (Å²) in [6.45, 7) is 11.0. The van der Waals surface area contributed by atoms with Crippen molar-refractivity contribution in [3.63, 3.8) is 0 Å². The Kier molecular flexibility index (Phi) is 4.64. The molecule has 0 atom stereocenters. The van der Waals surface area contributed by atoms with Gasteiger partial charge in [0.1, 0.15) is 5.52 Å². The lowest BCUT2D eigenvalue weighted by Crippen LogP contribution is -2.48. The molecule has 0 aromatic carbocycles. The molecule has 2 aromatic rings. The molecule has 0 bridgehead atoms. The van der Waals surface area contributed by atoms with E-state index in [2.05, 4.69) is 38.3 Å². The van der Waals surface area contributed by atoms with Gasteiger partial charge in [-0.25, -0.2) is 23.1 Å². The van der Waals surface area contributed by atoms with Crippen molar-refractivity contribution in [2.24, 2.45) is 5.92 Å². The van der Waals surface area contributed by atoms with E-state index in [0.717, 1.165) is 51.1 Å². The van der Waals surface area contributed by atoms with Crippen molar-refractivity contribution >= 4 is 21.4 Å². The number of piperazine rings is 1. The summed E-state index contributed by atoms with van der Waals surface area (Å²) in [6.07, 6.45) is 6.66. The van der Waals surface area contributed by atoms with Gasteiger partial charge in [0, 0.05) is 44.5 Å². The molecule has 27 heavy (non-hydrogen) atoms. The third-order valence-electron chi connectivity index (χ3n) is 5.31. The first-order valence-electron chi connectivity index (χ1n) is 9.60. The fourth-order valence-electron chi connectivity index (χ4n) is 3.58. The molecule has 2 aliphatic rings. The molecule has 0 unspecified atom stereocenters. The maximum atomic E-state index is 12.8. The number of rotatable bonds is 6. The highest BCUT2D eigenvalue weighted by molar-refractivity contribution is 7.89. The normalized spacial score (nSPS) is 20.5. The van der Waals surface area contributed by atoms with Crippen molar-refractivity contribution in [2.75, 3.05) is 37.6 Å². The minimum Gasteiger partial charge on any atom is -0.352 e. The second-order valence-corrected chi connectivity index (χ2v) is 10.1. The Morgan fingerprint density at radius 2 is 1.93 bits per heavy atom. The van der Waals surface area contributed by atoms with Gasteiger partial charge in [-0.05, 0) is 25.7 Å². The van der Waals surface area contributed by atoms with Crippen molar-refractivity contribution < 1.29 is 8.42 Å². The number of fused-ring (bicyclic) bond motifs is 1. The first-order valence-corrected chi connectivity index (χ1v) is 11.1. The van der Waals surface area contributed by atoms with Gasteiger partial charge < -0.3 is 9.30 Å². The largest absolute Gasteiger partial charge is 0.352 e. The average molecular weight is 393 g/mol. The predicted octanol–water partition coefficient (Wildman–Crippen LogP) is 1.34. The number of imidazole rings is 1. The fourth-order valence-corrected chi connectivity index (χ4v) is 4.99. The van der Waals surface area contributed by atoms with E-state index in [1.165, 1.54) is 0 Å². The standard InChI is InChI=1S/C18H28N6O2S/c1-14(2)11-22-6-8-23(9-7-22)17-15-10-19-13-24(15)12-16(20-17)27(25,26)21-18(3)4-5-18/h10,12-14,21H,4-9,11H2,1-3H3. The van der Waals surface area contributed by atoms with Crippen LogP contribution in [0.4, 0.5) is 5.82 Å². The second-order valence-electron chi connectivity index (χ2n) is 8.44. The summed E-state index contributed by atoms with van der Waals surface area (Å²) in [5, 5.41) is 0.0562. The zero-order valence-electron chi connectivity index (χ0n) is 16.2. The molecule has 0 spiro atoms. The Balaban J connectivity index is 1.62. The van der Waals surface area contributed by atoms with Crippen LogP contribution in [0.1, 0.15) is 33.6 Å². The van der Waals surface area contributed by atoms with Crippen LogP contribution in [0.25, 0.3) is 5.52 Å². The van der Waals surface area contributed by atoms with Crippen LogP contribution < -0.4 is 9.62 Å². The van der Waals surface area contributed by atoms with E-state index >= 15 is 0 Å². The van der Waals surface area contributed by atoms with E-state index in [4.69, 9.17) is 0 Å². The van der Waals surface area contributed by atoms with E-state index in [1.54, 1.807) is 23.1 Å². The first-order chi connectivity index (χ1) is 12.8. The lowest BCUT2D eigenvalue weighted by molar-refractivity contribution is 0.231. The van der Waals surface area contributed by atoms with E-state index in [-0.39, 0.29) is 10.6 Å². The molecule has 4 rings (SSSR count). The number of nitrogens with zero attached hydrogens (tertiary/aromatic N) is 5. The van der Waals surface area contributed by atoms with Gasteiger partial charge in [-0.15, -0.1) is 0 Å². The number of sulfonamides is 1. The van der Waals surface area contributed by atoms with Gasteiger partial charge in [-0.3, -0.25) is 4.90 Å². The minimum absolute atomic E-state index is 0.0562. The molecule has 2 aromatic heterocycles. The van der Waals surface area contributed by atoms with Crippen LogP contribution in [-0.2, 0) is 10.0 Å². The molecule has 2 fully saturated rings. The second kappa shape index (κ2) is 6.72. The Labute approximate surface area is 160 Å². The summed E-state index contributed by atoms with van der Waals surface area (Å²) < 4.78 is 30.2. The van der Waals surface area contributed by atoms with Gasteiger partial charge in [-0.1, -0.05) is 13.8 Å². The molecule has 1 saturated heterocycles. The number of hydrogen-bond acceptors (Lipinski definition) is 6. The maximum absolute atomic E-state index is 12.8. The smallest absolute Gasteiger partial charge is 0.260 e. The zero-order valence-corrected chi connectivity index (χ0v) is 17.0. The summed E-state index contributed by atoms with van der Waals surface area (Å²) in [4.78, 5) is 13.4. The minimum atomic E-state index is -3.66. The maximum Gasteiger partial charge on any atom is 0.260 e. The van der Waals surface area contributed by atoms with E-state index in [9.17, 15) is 8.42 Å². The molecule has 1 saturated carbocycles. The van der Waals surface area contributed by atoms with Gasteiger partial charge in [-0.2, -0.15) is 0 Å². The Bertz CT molecular complexity index is 926. The third kappa shape index (κ3) is 3.95. The molecule has 1 aliphatic carbocycles. The molecule has 9 heteroatoms. The van der Waals surface area contributed by atoms with Crippen LogP contribution in [0, 0.1) is 5.92 Å². The van der Waals surface area contributed by atoms with Gasteiger partial charge in [0.2, 0.25) is 0 Å². The van der Waals surface area contributed by atoms with Crippen LogP contribution >= 0.6 is 0 Å². The number of nitrogens with one attached hydrogen (secondary N) is 1. The quantitative estimate of drug-likeness (QED) is 0.799. The molecule has 8 nitrogen and oxygen atoms in total. The monoisotopic (exact) mass is 392 g/mol. The fraction of sp³-hybridized carbons (Fsp3) is 0.667. The summed E-state index contributed by atoms with van der Waals surface area (Å²) >= 11 is 0. The first kappa shape index (κ1) is 18.6. The molecule has 0 radical (unpaired) electrons. The summed E-state index contributed by atoms with van der Waals surface area (Å²) in [7, 11) is -3.66. The van der Waals surface area contributed by atoms with Crippen molar-refractivity contribution in [1.29, 1.82) is 0 Å². The SMILES string of the molecule is CC(C)CN1CCN(c2nc(S(=O)(=O)NC3(C)CC3)cn3cncc23)CC1. The van der Waals surface area contributed by atoms with Gasteiger partial charge in [0.05, 0.1) is 12.5 Å². The van der Waals surface area contributed by atoms with Crippen LogP contribution in [0.3, 0.4) is 0 Å². The van der Waals surface area contributed by atoms with E-state index in [0.29, 0.717) is 11.7 Å². The Hall–Kier alpha value is -1.71. The summed E-state index contributed by atoms with van der Waals surface area (Å²) in [6, 6.07) is 0. The predicted molar refractivity (Wildman–Crippen MR) is 104 cm³/mol. The van der Waals surface area contributed by atoms with E-state index < -0.39 is 10.0 Å². The highest BCUT2D eigenvalue weighted by Crippen LogP contribution is 2.36. The molecule has 148 valence electrons. The van der Waals surface area contributed by atoms with Crippen molar-refractivity contribution in [1.82, 2.24) is 24.0 Å². The molecule has 0 amide bonds. The molecule has 3 heterocycles. The summed E-state index contributed by atoms with van der Waals surface area (Å²) in [5.41, 5.74) is 0.511. The van der Waals surface area contributed by atoms with Crippen LogP contribution in [0.5, 0.6) is 0 Å². The van der Waals surface area contributed by atoms with Crippen molar-refractivity contribution in [3.05, 3.63) is 18.7 Å². The third-order valence-corrected chi connectivity index (χ3v) is 6.82. The molecular weight excluding hydrogens is 364 g/mol. The number of hydrogen-bond donors (Lipinski definition) is 1. The van der Waals surface area contributed by atoms with E-state index in [1.807, 2.05) is 6.92 Å². The van der Waals surface area contributed by atoms with Crippen LogP contribution in [-0.4, -0.2) is 65.9 Å². The van der Waals surface area contributed by atoms with Crippen LogP contribution in [0.15, 0.2) is 23.7 Å². The Morgan fingerprint density at radius 1 is 1.22 bits per heavy atom. The van der Waals surface area contributed by atoms with Crippen LogP contribution in [0.2, 0.25) is 0 Å². The number of anilines is 1. The molecule has 1 N–H and O–H groups in total. The highest BCUT2D eigenvalue weighted by Gasteiger charge is 2.42. The molecule has 1 aliphatic heterocycles. The topological polar surface area (TPSA) is 82.8 Å². The Morgan fingerprint density at radius 3 is 2.56 bits per heavy atom. The van der Waals surface area contributed by atoms with Gasteiger partial charge in [0.25, 0.3) is 10.0 Å². The van der Waals surface area contributed by atoms with Crippen molar-refractivity contribution in [3.8, 4) is 0 Å². The molecular formula is C18H28N6O2S. The highest BCUT2D eigenvalue weighted by atomic mass is 32.2. The zero-order chi connectivity index (χ0) is 19.2. The van der Waals surface area contributed by atoms with Gasteiger partial charge in [0.15, 0.2) is 10.8 Å². The van der Waals surface area contributed by atoms with Gasteiger partial charge >= 0.3 is 0 Å².